The maximum atomic E-state index is 5.33. The molecule has 0 aromatic carbocycles. The summed E-state index contributed by atoms with van der Waals surface area (Å²) >= 11 is 0. The van der Waals surface area contributed by atoms with E-state index in [0.717, 1.165) is 0 Å². The van der Waals surface area contributed by atoms with Gasteiger partial charge in [0, 0.05) is 6.20 Å². The van der Waals surface area contributed by atoms with Crippen LogP contribution in [0.1, 0.15) is 25.3 Å². The van der Waals surface area contributed by atoms with E-state index >= 15 is 0 Å². The van der Waals surface area contributed by atoms with E-state index in [1.165, 1.54) is 5.56 Å². The highest BCUT2D eigenvalue weighted by molar-refractivity contribution is 5.49. The maximum Gasteiger partial charge on any atom is 0.319 e. The van der Waals surface area contributed by atoms with Gasteiger partial charge in [-0.1, -0.05) is 25.1 Å². The maximum absolute atomic E-state index is 5.33. The van der Waals surface area contributed by atoms with E-state index in [2.05, 4.69) is 33.5 Å². The average molecular weight is 204 g/mol. The quantitative estimate of drug-likeness (QED) is 0.807. The molecule has 0 aliphatic rings. The fourth-order valence-corrected chi connectivity index (χ4v) is 1.22. The highest BCUT2D eigenvalue weighted by Gasteiger charge is 2.07. The normalized spacial score (nSPS) is 10.9. The number of nitrogens with zero attached hydrogens (tertiary/aromatic N) is 3. The number of anilines is 1. The molecule has 0 spiro atoms. The molecule has 15 heavy (non-hydrogen) atoms. The summed E-state index contributed by atoms with van der Waals surface area (Å²) in [5, 5.41) is 3.69. The molecular weight excluding hydrogens is 192 g/mol. The Kier molecular flexibility index (Phi) is 2.37. The third kappa shape index (κ3) is 1.96. The average Bonchev–Trinajstić information content (AvgIpc) is 2.65. The molecule has 0 saturated carbocycles. The van der Waals surface area contributed by atoms with Gasteiger partial charge in [-0.05, 0) is 17.5 Å². The molecule has 5 heteroatoms. The number of nitrogens with two attached hydrogens (primary N) is 1. The molecule has 5 nitrogen and oxygen atoms in total. The molecule has 0 amide bonds. The fraction of sp³-hybridized carbons (Fsp3) is 0.300. The number of rotatable bonds is 2. The van der Waals surface area contributed by atoms with Crippen LogP contribution in [0, 0.1) is 0 Å². The Bertz CT molecular complexity index is 447. The molecule has 2 heterocycles. The van der Waals surface area contributed by atoms with Crippen LogP contribution in [0.15, 0.2) is 22.9 Å². The zero-order valence-corrected chi connectivity index (χ0v) is 8.64. The van der Waals surface area contributed by atoms with Crippen molar-refractivity contribution in [2.45, 2.75) is 19.8 Å². The molecule has 0 atom stereocenters. The summed E-state index contributed by atoms with van der Waals surface area (Å²) in [7, 11) is 0. The van der Waals surface area contributed by atoms with Crippen LogP contribution in [0.4, 0.5) is 6.01 Å². The van der Waals surface area contributed by atoms with Crippen LogP contribution in [-0.2, 0) is 0 Å². The van der Waals surface area contributed by atoms with Crippen molar-refractivity contribution in [1.82, 2.24) is 15.1 Å². The summed E-state index contributed by atoms with van der Waals surface area (Å²) in [6, 6.07) is 3.92. The molecule has 0 aliphatic carbocycles. The minimum Gasteiger partial charge on any atom is -0.351 e. The first-order valence-electron chi connectivity index (χ1n) is 4.72. The lowest BCUT2D eigenvalue weighted by Crippen LogP contribution is -1.91. The van der Waals surface area contributed by atoms with E-state index < -0.39 is 0 Å². The summed E-state index contributed by atoms with van der Waals surface area (Å²) in [4.78, 5) is 8.14. The minimum atomic E-state index is 0.0553. The number of hydrogen-bond donors (Lipinski definition) is 1. The highest BCUT2D eigenvalue weighted by atomic mass is 16.5. The van der Waals surface area contributed by atoms with Gasteiger partial charge in [0.2, 0.25) is 5.82 Å². The molecule has 0 saturated heterocycles. The van der Waals surface area contributed by atoms with Crippen LogP contribution in [0.5, 0.6) is 0 Å². The second-order valence-electron chi connectivity index (χ2n) is 3.59. The van der Waals surface area contributed by atoms with Crippen molar-refractivity contribution in [3.63, 3.8) is 0 Å². The van der Waals surface area contributed by atoms with Gasteiger partial charge in [0.1, 0.15) is 5.69 Å². The summed E-state index contributed by atoms with van der Waals surface area (Å²) in [6.07, 6.45) is 1.81. The van der Waals surface area contributed by atoms with Crippen molar-refractivity contribution in [3.05, 3.63) is 23.9 Å². The van der Waals surface area contributed by atoms with E-state index in [1.807, 2.05) is 18.3 Å². The number of pyridine rings is 1. The molecule has 0 bridgehead atoms. The fourth-order valence-electron chi connectivity index (χ4n) is 1.22. The highest BCUT2D eigenvalue weighted by Crippen LogP contribution is 2.17. The standard InChI is InChI=1S/C10H12N4O/c1-6(2)7-3-4-8(12-5-7)9-13-10(11)15-14-9/h3-6H,1-2H3,(H2,11,13,14). The van der Waals surface area contributed by atoms with Crippen molar-refractivity contribution in [2.75, 3.05) is 5.73 Å². The van der Waals surface area contributed by atoms with Crippen LogP contribution in [0.3, 0.4) is 0 Å². The zero-order chi connectivity index (χ0) is 10.8. The Morgan fingerprint density at radius 3 is 2.60 bits per heavy atom. The van der Waals surface area contributed by atoms with Crippen molar-refractivity contribution in [2.24, 2.45) is 0 Å². The molecule has 2 aromatic rings. The van der Waals surface area contributed by atoms with Crippen molar-refractivity contribution in [1.29, 1.82) is 0 Å². The van der Waals surface area contributed by atoms with Crippen molar-refractivity contribution >= 4 is 6.01 Å². The molecule has 0 aliphatic heterocycles. The predicted molar refractivity (Wildman–Crippen MR) is 56.0 cm³/mol. The van der Waals surface area contributed by atoms with Gasteiger partial charge in [-0.2, -0.15) is 4.98 Å². The lowest BCUT2D eigenvalue weighted by Gasteiger charge is -2.03. The molecular formula is C10H12N4O. The molecule has 0 radical (unpaired) electrons. The third-order valence-electron chi connectivity index (χ3n) is 2.12. The van der Waals surface area contributed by atoms with Gasteiger partial charge in [-0.15, -0.1) is 0 Å². The second-order valence-corrected chi connectivity index (χ2v) is 3.59. The lowest BCUT2D eigenvalue weighted by molar-refractivity contribution is 0.436. The summed E-state index contributed by atoms with van der Waals surface area (Å²) in [5.74, 6) is 0.879. The van der Waals surface area contributed by atoms with E-state index in [-0.39, 0.29) is 6.01 Å². The monoisotopic (exact) mass is 204 g/mol. The lowest BCUT2D eigenvalue weighted by atomic mass is 10.1. The van der Waals surface area contributed by atoms with Crippen LogP contribution in [0.25, 0.3) is 11.5 Å². The number of hydrogen-bond acceptors (Lipinski definition) is 5. The minimum absolute atomic E-state index is 0.0553. The first-order valence-corrected chi connectivity index (χ1v) is 4.72. The van der Waals surface area contributed by atoms with Crippen LogP contribution < -0.4 is 5.73 Å². The van der Waals surface area contributed by atoms with E-state index in [9.17, 15) is 0 Å². The van der Waals surface area contributed by atoms with E-state index in [0.29, 0.717) is 17.4 Å². The van der Waals surface area contributed by atoms with Gasteiger partial charge >= 0.3 is 6.01 Å². The smallest absolute Gasteiger partial charge is 0.319 e. The molecule has 2 N–H and O–H groups in total. The van der Waals surface area contributed by atoms with Crippen LogP contribution in [0.2, 0.25) is 0 Å². The van der Waals surface area contributed by atoms with Crippen LogP contribution >= 0.6 is 0 Å². The molecule has 78 valence electrons. The topological polar surface area (TPSA) is 77.8 Å². The Labute approximate surface area is 87.3 Å². The SMILES string of the molecule is CC(C)c1ccc(-c2noc(N)n2)nc1. The third-order valence-corrected chi connectivity index (χ3v) is 2.12. The first-order chi connectivity index (χ1) is 7.16. The van der Waals surface area contributed by atoms with Crippen LogP contribution in [-0.4, -0.2) is 15.1 Å². The van der Waals surface area contributed by atoms with Gasteiger partial charge in [-0.25, -0.2) is 0 Å². The molecule has 2 aromatic heterocycles. The van der Waals surface area contributed by atoms with Gasteiger partial charge in [0.15, 0.2) is 0 Å². The Morgan fingerprint density at radius 1 is 1.33 bits per heavy atom. The zero-order valence-electron chi connectivity index (χ0n) is 8.64. The van der Waals surface area contributed by atoms with E-state index in [1.54, 1.807) is 0 Å². The largest absolute Gasteiger partial charge is 0.351 e. The second kappa shape index (κ2) is 3.68. The van der Waals surface area contributed by atoms with Gasteiger partial charge in [0.05, 0.1) is 0 Å². The Morgan fingerprint density at radius 2 is 2.13 bits per heavy atom. The molecule has 0 unspecified atom stereocenters. The van der Waals surface area contributed by atoms with Gasteiger partial charge in [0.25, 0.3) is 0 Å². The number of nitrogen functional groups attached to an aromatic ring is 1. The first kappa shape index (κ1) is 9.64. The summed E-state index contributed by atoms with van der Waals surface area (Å²) in [5.41, 5.74) is 7.17. The van der Waals surface area contributed by atoms with E-state index in [4.69, 9.17) is 5.73 Å². The van der Waals surface area contributed by atoms with Gasteiger partial charge in [-0.3, -0.25) is 4.98 Å². The number of aromatic nitrogens is 3. The Balaban J connectivity index is 2.31. The van der Waals surface area contributed by atoms with Crippen molar-refractivity contribution < 1.29 is 4.52 Å². The summed E-state index contributed by atoms with van der Waals surface area (Å²) in [6.45, 7) is 4.23. The molecule has 2 rings (SSSR count). The van der Waals surface area contributed by atoms with Crippen molar-refractivity contribution in [3.8, 4) is 11.5 Å². The summed E-state index contributed by atoms with van der Waals surface area (Å²) < 4.78 is 4.67. The predicted octanol–water partition coefficient (Wildman–Crippen LogP) is 1.84. The molecule has 0 fully saturated rings. The Hall–Kier alpha value is -1.91. The van der Waals surface area contributed by atoms with Gasteiger partial charge < -0.3 is 10.3 Å².